The lowest BCUT2D eigenvalue weighted by Gasteiger charge is -2.09. The fourth-order valence-electron chi connectivity index (χ4n) is 2.42. The van der Waals surface area contributed by atoms with Crippen molar-refractivity contribution >= 4 is 28.4 Å². The van der Waals surface area contributed by atoms with Gasteiger partial charge in [0.1, 0.15) is 12.4 Å². The van der Waals surface area contributed by atoms with Crippen molar-refractivity contribution in [1.82, 2.24) is 30.3 Å². The highest BCUT2D eigenvalue weighted by atomic mass is 32.2. The van der Waals surface area contributed by atoms with Crippen LogP contribution in [0.3, 0.4) is 0 Å². The molecule has 0 atom stereocenters. The summed E-state index contributed by atoms with van der Waals surface area (Å²) in [7, 11) is 0. The van der Waals surface area contributed by atoms with Crippen molar-refractivity contribution in [2.45, 2.75) is 25.5 Å². The molecule has 0 saturated carbocycles. The number of benzene rings is 1. The van der Waals surface area contributed by atoms with E-state index in [1.165, 1.54) is 16.4 Å². The second-order valence-electron chi connectivity index (χ2n) is 5.50. The minimum Gasteiger partial charge on any atom is -0.354 e. The summed E-state index contributed by atoms with van der Waals surface area (Å²) >= 11 is 1.44. The lowest BCUT2D eigenvalue weighted by atomic mass is 10.1. The van der Waals surface area contributed by atoms with Crippen molar-refractivity contribution in [3.05, 3.63) is 46.1 Å². The molecule has 8 nitrogen and oxygen atoms in total. The Labute approximate surface area is 148 Å². The smallest absolute Gasteiger partial charge is 0.275 e. The van der Waals surface area contributed by atoms with Crippen LogP contribution in [0.15, 0.2) is 34.2 Å². The predicted molar refractivity (Wildman–Crippen MR) is 95.6 cm³/mol. The number of nitrogens with zero attached hydrogens (tertiary/aromatic N) is 4. The number of hydrogen-bond acceptors (Lipinski definition) is 6. The molecule has 0 aliphatic heterocycles. The van der Waals surface area contributed by atoms with Gasteiger partial charge in [0.05, 0.1) is 11.1 Å². The number of H-pyrrole nitrogens is 1. The summed E-state index contributed by atoms with van der Waals surface area (Å²) in [6.07, 6.45) is 0. The quantitative estimate of drug-likeness (QED) is 0.504. The van der Waals surface area contributed by atoms with Gasteiger partial charge in [-0.05, 0) is 19.9 Å². The van der Waals surface area contributed by atoms with Gasteiger partial charge in [-0.25, -0.2) is 9.67 Å². The fourth-order valence-corrected chi connectivity index (χ4v) is 3.12. The maximum atomic E-state index is 12.4. The van der Waals surface area contributed by atoms with Crippen LogP contribution >= 0.6 is 11.8 Å². The molecule has 0 radical (unpaired) electrons. The molecule has 9 heteroatoms. The van der Waals surface area contributed by atoms with Gasteiger partial charge < -0.3 is 5.32 Å². The largest absolute Gasteiger partial charge is 0.354 e. The maximum absolute atomic E-state index is 12.4. The van der Waals surface area contributed by atoms with Gasteiger partial charge in [-0.15, -0.1) is 5.10 Å². The van der Waals surface area contributed by atoms with Crippen molar-refractivity contribution in [2.24, 2.45) is 0 Å². The second kappa shape index (κ2) is 7.47. The summed E-state index contributed by atoms with van der Waals surface area (Å²) in [5, 5.41) is 15.8. The third-order valence-electron chi connectivity index (χ3n) is 3.58. The van der Waals surface area contributed by atoms with E-state index in [0.717, 1.165) is 16.9 Å². The minimum atomic E-state index is -0.262. The number of carbonyl (C=O) groups is 1. The number of aryl methyl sites for hydroxylation is 2. The topological polar surface area (TPSA) is 106 Å². The van der Waals surface area contributed by atoms with Gasteiger partial charge in [-0.1, -0.05) is 30.0 Å². The zero-order chi connectivity index (χ0) is 17.8. The number of hydrogen-bond donors (Lipinski definition) is 2. The molecule has 2 heterocycles. The van der Waals surface area contributed by atoms with Crippen molar-refractivity contribution < 1.29 is 4.79 Å². The standard InChI is InChI=1S/C16H18N6O2S/c1-10-12-5-3-4-6-13(12)15(24)22(21-10)9-14(23)17-7-8-25-16-18-11(2)19-20-16/h3-6H,7-9H2,1-2H3,(H,17,23)(H,18,19,20). The molecule has 0 spiro atoms. The van der Waals surface area contributed by atoms with E-state index in [2.05, 4.69) is 25.6 Å². The van der Waals surface area contributed by atoms with Crippen molar-refractivity contribution in [3.63, 3.8) is 0 Å². The monoisotopic (exact) mass is 358 g/mol. The summed E-state index contributed by atoms with van der Waals surface area (Å²) in [6.45, 7) is 4.01. The zero-order valence-corrected chi connectivity index (χ0v) is 14.8. The highest BCUT2D eigenvalue weighted by Gasteiger charge is 2.10. The number of nitrogens with one attached hydrogen (secondary N) is 2. The first-order chi connectivity index (χ1) is 12.0. The molecular weight excluding hydrogens is 340 g/mol. The molecule has 0 aliphatic rings. The summed E-state index contributed by atoms with van der Waals surface area (Å²) in [6, 6.07) is 7.26. The van der Waals surface area contributed by atoms with Gasteiger partial charge in [0.15, 0.2) is 0 Å². The Balaban J connectivity index is 1.58. The molecule has 1 amide bonds. The van der Waals surface area contributed by atoms with Crippen LogP contribution in [0.2, 0.25) is 0 Å². The molecule has 25 heavy (non-hydrogen) atoms. The Bertz CT molecular complexity index is 965. The lowest BCUT2D eigenvalue weighted by molar-refractivity contribution is -0.121. The highest BCUT2D eigenvalue weighted by molar-refractivity contribution is 7.99. The van der Waals surface area contributed by atoms with E-state index < -0.39 is 0 Å². The maximum Gasteiger partial charge on any atom is 0.275 e. The van der Waals surface area contributed by atoms with Crippen LogP contribution in [0.5, 0.6) is 0 Å². The highest BCUT2D eigenvalue weighted by Crippen LogP contribution is 2.12. The molecule has 3 aromatic rings. The Morgan fingerprint density at radius 2 is 2.04 bits per heavy atom. The molecule has 0 saturated heterocycles. The van der Waals surface area contributed by atoms with E-state index in [0.29, 0.717) is 22.8 Å². The van der Waals surface area contributed by atoms with Crippen LogP contribution in [0, 0.1) is 13.8 Å². The average molecular weight is 358 g/mol. The molecule has 1 aromatic carbocycles. The first-order valence-corrected chi connectivity index (χ1v) is 8.78. The summed E-state index contributed by atoms with van der Waals surface area (Å²) in [5.41, 5.74) is 0.459. The third kappa shape index (κ3) is 4.05. The van der Waals surface area contributed by atoms with Crippen LogP contribution in [-0.2, 0) is 11.3 Å². The number of amides is 1. The molecule has 2 aromatic heterocycles. The Kier molecular flexibility index (Phi) is 5.13. The van der Waals surface area contributed by atoms with Crippen LogP contribution in [-0.4, -0.2) is 43.2 Å². The van der Waals surface area contributed by atoms with E-state index >= 15 is 0 Å². The number of aromatic amines is 1. The summed E-state index contributed by atoms with van der Waals surface area (Å²) < 4.78 is 1.21. The molecule has 0 bridgehead atoms. The number of carbonyl (C=O) groups excluding carboxylic acids is 1. The molecule has 2 N–H and O–H groups in total. The number of rotatable bonds is 6. The van der Waals surface area contributed by atoms with Gasteiger partial charge in [0.25, 0.3) is 5.56 Å². The van der Waals surface area contributed by atoms with Gasteiger partial charge in [-0.2, -0.15) is 5.10 Å². The first kappa shape index (κ1) is 17.2. The molecule has 130 valence electrons. The first-order valence-electron chi connectivity index (χ1n) is 7.79. The van der Waals surface area contributed by atoms with Gasteiger partial charge >= 0.3 is 0 Å². The average Bonchev–Trinajstić information content (AvgIpc) is 3.02. The Hall–Kier alpha value is -2.68. The van der Waals surface area contributed by atoms with Crippen molar-refractivity contribution in [1.29, 1.82) is 0 Å². The second-order valence-corrected chi connectivity index (χ2v) is 6.56. The fraction of sp³-hybridized carbons (Fsp3) is 0.312. The van der Waals surface area contributed by atoms with Crippen LogP contribution in [0.25, 0.3) is 10.8 Å². The van der Waals surface area contributed by atoms with E-state index in [4.69, 9.17) is 0 Å². The third-order valence-corrected chi connectivity index (χ3v) is 4.43. The zero-order valence-electron chi connectivity index (χ0n) is 13.9. The minimum absolute atomic E-state index is 0.102. The predicted octanol–water partition coefficient (Wildman–Crippen LogP) is 1.04. The summed E-state index contributed by atoms with van der Waals surface area (Å²) in [5.74, 6) is 1.14. The van der Waals surface area contributed by atoms with Crippen LogP contribution in [0.4, 0.5) is 0 Å². The SMILES string of the molecule is Cc1nc(SCCNC(=O)Cn2nc(C)c3ccccc3c2=O)n[nH]1. The summed E-state index contributed by atoms with van der Waals surface area (Å²) in [4.78, 5) is 28.7. The Morgan fingerprint density at radius 1 is 1.28 bits per heavy atom. The molecule has 0 unspecified atom stereocenters. The number of fused-ring (bicyclic) bond motifs is 1. The molecule has 0 aliphatic carbocycles. The Morgan fingerprint density at radius 3 is 2.76 bits per heavy atom. The number of thioether (sulfide) groups is 1. The molecule has 0 fully saturated rings. The van der Waals surface area contributed by atoms with Gasteiger partial charge in [-0.3, -0.25) is 14.7 Å². The number of aromatic nitrogens is 5. The van der Waals surface area contributed by atoms with Gasteiger partial charge in [0, 0.05) is 17.7 Å². The van der Waals surface area contributed by atoms with E-state index in [1.807, 2.05) is 26.0 Å². The van der Waals surface area contributed by atoms with E-state index in [9.17, 15) is 9.59 Å². The molecule has 3 rings (SSSR count). The van der Waals surface area contributed by atoms with Gasteiger partial charge in [0.2, 0.25) is 11.1 Å². The van der Waals surface area contributed by atoms with E-state index in [-0.39, 0.29) is 18.0 Å². The molecular formula is C16H18N6O2S. The van der Waals surface area contributed by atoms with Crippen LogP contribution < -0.4 is 10.9 Å². The normalized spacial score (nSPS) is 11.0. The van der Waals surface area contributed by atoms with E-state index in [1.54, 1.807) is 12.1 Å². The lowest BCUT2D eigenvalue weighted by Crippen LogP contribution is -2.35. The van der Waals surface area contributed by atoms with Crippen molar-refractivity contribution in [2.75, 3.05) is 12.3 Å². The van der Waals surface area contributed by atoms with Crippen molar-refractivity contribution in [3.8, 4) is 0 Å². The van der Waals surface area contributed by atoms with Crippen LogP contribution in [0.1, 0.15) is 11.5 Å².